The van der Waals surface area contributed by atoms with Gasteiger partial charge in [-0.1, -0.05) is 32.0 Å². The fourth-order valence-electron chi connectivity index (χ4n) is 3.01. The summed E-state index contributed by atoms with van der Waals surface area (Å²) in [7, 11) is -1.75. The average molecular weight is 413 g/mol. The number of pyridine rings is 1. The van der Waals surface area contributed by atoms with E-state index in [1.807, 2.05) is 26.0 Å². The molecule has 1 aromatic carbocycles. The van der Waals surface area contributed by atoms with Gasteiger partial charge in [-0.3, -0.25) is 14.6 Å². The number of aromatic nitrogens is 1. The summed E-state index contributed by atoms with van der Waals surface area (Å²) in [6.07, 6.45) is 2.54. The minimum Gasteiger partial charge on any atom is -0.426 e. The molecule has 2 rings (SSSR count). The van der Waals surface area contributed by atoms with E-state index in [4.69, 9.17) is 0 Å². The van der Waals surface area contributed by atoms with E-state index in [2.05, 4.69) is 15.6 Å². The highest BCUT2D eigenvalue weighted by atomic mass is 16.4. The Hall–Kier alpha value is -2.75. The van der Waals surface area contributed by atoms with Crippen LogP contribution in [0.4, 0.5) is 0 Å². The Bertz CT molecular complexity index is 828. The number of hydrogen-bond acceptors (Lipinski definition) is 6. The van der Waals surface area contributed by atoms with Gasteiger partial charge in [0.05, 0.1) is 12.0 Å². The van der Waals surface area contributed by atoms with Crippen LogP contribution in [0.1, 0.15) is 37.6 Å². The molecule has 160 valence electrons. The average Bonchev–Trinajstić information content (AvgIpc) is 2.71. The van der Waals surface area contributed by atoms with Gasteiger partial charge in [0.25, 0.3) is 5.91 Å². The highest BCUT2D eigenvalue weighted by Gasteiger charge is 2.32. The van der Waals surface area contributed by atoms with Gasteiger partial charge in [0.1, 0.15) is 6.04 Å². The summed E-state index contributed by atoms with van der Waals surface area (Å²) in [4.78, 5) is 29.2. The van der Waals surface area contributed by atoms with E-state index in [1.54, 1.807) is 36.7 Å². The summed E-state index contributed by atoms with van der Waals surface area (Å²) in [6.45, 7) is 5.14. The number of carbonyl (C=O) groups is 2. The van der Waals surface area contributed by atoms with Crippen molar-refractivity contribution in [2.24, 2.45) is 5.92 Å². The second kappa shape index (κ2) is 10.9. The van der Waals surface area contributed by atoms with Crippen molar-refractivity contribution in [1.82, 2.24) is 15.6 Å². The van der Waals surface area contributed by atoms with Crippen LogP contribution in [0.5, 0.6) is 0 Å². The quantitative estimate of drug-likeness (QED) is 0.386. The monoisotopic (exact) mass is 413 g/mol. The first kappa shape index (κ1) is 23.5. The molecule has 0 aliphatic heterocycles. The lowest BCUT2D eigenvalue weighted by Crippen LogP contribution is -2.57. The summed E-state index contributed by atoms with van der Waals surface area (Å²) in [5.41, 5.74) is 2.12. The number of aliphatic hydroxyl groups is 1. The third-order valence-electron chi connectivity index (χ3n) is 4.61. The third kappa shape index (κ3) is 6.65. The molecule has 0 radical (unpaired) electrons. The number of carbonyl (C=O) groups excluding carboxylic acids is 2. The van der Waals surface area contributed by atoms with Crippen LogP contribution in [0, 0.1) is 5.92 Å². The molecule has 2 aromatic rings. The number of aliphatic hydroxyl groups excluding tert-OH is 1. The van der Waals surface area contributed by atoms with Gasteiger partial charge >= 0.3 is 7.12 Å². The van der Waals surface area contributed by atoms with Crippen LogP contribution in [0.3, 0.4) is 0 Å². The van der Waals surface area contributed by atoms with Crippen molar-refractivity contribution in [1.29, 1.82) is 0 Å². The maximum absolute atomic E-state index is 12.6. The van der Waals surface area contributed by atoms with Crippen molar-refractivity contribution in [2.75, 3.05) is 0 Å². The van der Waals surface area contributed by atoms with Crippen molar-refractivity contribution >= 4 is 18.9 Å². The Kier molecular flexibility index (Phi) is 8.52. The molecule has 0 spiro atoms. The Morgan fingerprint density at radius 2 is 1.70 bits per heavy atom. The summed E-state index contributed by atoms with van der Waals surface area (Å²) in [5, 5.41) is 34.0. The topological polar surface area (TPSA) is 132 Å². The predicted molar refractivity (Wildman–Crippen MR) is 114 cm³/mol. The Morgan fingerprint density at radius 1 is 1.03 bits per heavy atom. The lowest BCUT2D eigenvalue weighted by molar-refractivity contribution is -0.125. The fraction of sp³-hybridized carbons (Fsp3) is 0.381. The summed E-state index contributed by atoms with van der Waals surface area (Å²) >= 11 is 0. The normalized spacial score (nSPS) is 14.0. The minimum absolute atomic E-state index is 0.107. The van der Waals surface area contributed by atoms with Crippen molar-refractivity contribution < 1.29 is 24.7 Å². The SMILES string of the molecule is CC(C)C[C@H](NC(=O)[C@@H](NC(=O)c1ccc(-c2cccnc2)cc1)[C@@H](C)O)B(O)O. The number of nitrogens with zero attached hydrogens (tertiary/aromatic N) is 1. The molecule has 1 heterocycles. The molecule has 0 saturated heterocycles. The number of rotatable bonds is 9. The molecule has 0 bridgehead atoms. The molecule has 0 aliphatic carbocycles. The van der Waals surface area contributed by atoms with Crippen LogP contribution >= 0.6 is 0 Å². The highest BCUT2D eigenvalue weighted by Crippen LogP contribution is 2.18. The Labute approximate surface area is 176 Å². The predicted octanol–water partition coefficient (Wildman–Crippen LogP) is 0.771. The molecule has 0 saturated carbocycles. The van der Waals surface area contributed by atoms with E-state index >= 15 is 0 Å². The molecule has 0 unspecified atom stereocenters. The number of hydrogen-bond donors (Lipinski definition) is 5. The molecule has 2 amide bonds. The van der Waals surface area contributed by atoms with Crippen LogP contribution in [0.15, 0.2) is 48.8 Å². The third-order valence-corrected chi connectivity index (χ3v) is 4.61. The van der Waals surface area contributed by atoms with Crippen LogP contribution < -0.4 is 10.6 Å². The molecule has 30 heavy (non-hydrogen) atoms. The maximum atomic E-state index is 12.6. The first-order chi connectivity index (χ1) is 14.2. The van der Waals surface area contributed by atoms with Gasteiger partial charge in [-0.05, 0) is 48.6 Å². The standard InChI is InChI=1S/C21H28BN3O5/c1-13(2)11-18(22(29)30)24-21(28)19(14(3)26)25-20(27)16-8-6-15(7-9-16)17-5-4-10-23-12-17/h4-10,12-14,18-19,26,29-30H,11H2,1-3H3,(H,24,28)(H,25,27)/t14-,18+,19+/m1/s1. The van der Waals surface area contributed by atoms with Gasteiger partial charge in [-0.25, -0.2) is 0 Å². The number of nitrogens with one attached hydrogen (secondary N) is 2. The van der Waals surface area contributed by atoms with Gasteiger partial charge in [0.15, 0.2) is 0 Å². The van der Waals surface area contributed by atoms with Crippen molar-refractivity contribution in [3.8, 4) is 11.1 Å². The van der Waals surface area contributed by atoms with Crippen LogP contribution in [0.25, 0.3) is 11.1 Å². The van der Waals surface area contributed by atoms with Gasteiger partial charge in [0.2, 0.25) is 5.91 Å². The molecule has 1 aromatic heterocycles. The largest absolute Gasteiger partial charge is 0.475 e. The Morgan fingerprint density at radius 3 is 2.20 bits per heavy atom. The van der Waals surface area contributed by atoms with Crippen LogP contribution in [-0.4, -0.2) is 57.2 Å². The first-order valence-corrected chi connectivity index (χ1v) is 9.85. The summed E-state index contributed by atoms with van der Waals surface area (Å²) < 4.78 is 0. The molecule has 9 heteroatoms. The van der Waals surface area contributed by atoms with Gasteiger partial charge in [-0.2, -0.15) is 0 Å². The van der Waals surface area contributed by atoms with Crippen LogP contribution in [0.2, 0.25) is 0 Å². The lowest BCUT2D eigenvalue weighted by Gasteiger charge is -2.25. The van der Waals surface area contributed by atoms with Gasteiger partial charge < -0.3 is 25.8 Å². The summed E-state index contributed by atoms with van der Waals surface area (Å²) in [5.74, 6) is -2.02. The van der Waals surface area contributed by atoms with Crippen molar-refractivity contribution in [2.45, 2.75) is 45.3 Å². The molecule has 0 fully saturated rings. The highest BCUT2D eigenvalue weighted by molar-refractivity contribution is 6.43. The second-order valence-corrected chi connectivity index (χ2v) is 7.67. The number of benzene rings is 1. The number of amides is 2. The van der Waals surface area contributed by atoms with Crippen molar-refractivity contribution in [3.63, 3.8) is 0 Å². The zero-order valence-electron chi connectivity index (χ0n) is 17.3. The lowest BCUT2D eigenvalue weighted by atomic mass is 9.75. The first-order valence-electron chi connectivity index (χ1n) is 9.85. The molecule has 0 aliphatic rings. The van der Waals surface area contributed by atoms with E-state index in [1.165, 1.54) is 6.92 Å². The molecular formula is C21H28BN3O5. The minimum atomic E-state index is -1.75. The zero-order chi connectivity index (χ0) is 22.3. The second-order valence-electron chi connectivity index (χ2n) is 7.67. The molecular weight excluding hydrogens is 385 g/mol. The van der Waals surface area contributed by atoms with Crippen LogP contribution in [-0.2, 0) is 4.79 Å². The van der Waals surface area contributed by atoms with E-state index in [-0.39, 0.29) is 5.92 Å². The molecule has 3 atom stereocenters. The van der Waals surface area contributed by atoms with Crippen molar-refractivity contribution in [3.05, 3.63) is 54.4 Å². The smallest absolute Gasteiger partial charge is 0.426 e. The molecule has 5 N–H and O–H groups in total. The van der Waals surface area contributed by atoms with E-state index in [0.29, 0.717) is 12.0 Å². The van der Waals surface area contributed by atoms with Gasteiger partial charge in [-0.15, -0.1) is 0 Å². The zero-order valence-corrected chi connectivity index (χ0v) is 17.3. The molecule has 8 nitrogen and oxygen atoms in total. The van der Waals surface area contributed by atoms with E-state index in [9.17, 15) is 24.7 Å². The Balaban J connectivity index is 2.08. The van der Waals surface area contributed by atoms with Gasteiger partial charge in [0, 0.05) is 18.0 Å². The maximum Gasteiger partial charge on any atom is 0.475 e. The summed E-state index contributed by atoms with van der Waals surface area (Å²) in [6, 6.07) is 9.25. The van der Waals surface area contributed by atoms with E-state index < -0.39 is 37.0 Å². The van der Waals surface area contributed by atoms with E-state index in [0.717, 1.165) is 11.1 Å². The fourth-order valence-corrected chi connectivity index (χ4v) is 3.01.